The van der Waals surface area contributed by atoms with E-state index in [1.807, 2.05) is 0 Å². The molecule has 2 heteroatoms. The zero-order valence-corrected chi connectivity index (χ0v) is 4.39. The summed E-state index contributed by atoms with van der Waals surface area (Å²) in [5.41, 5.74) is 0.848. The van der Waals surface area contributed by atoms with Gasteiger partial charge < -0.3 is 0 Å². The molecule has 1 N–H and O–H groups in total. The van der Waals surface area contributed by atoms with Crippen LogP contribution in [0.5, 0.6) is 0 Å². The molecule has 0 bridgehead atoms. The van der Waals surface area contributed by atoms with Gasteiger partial charge in [-0.1, -0.05) is 12.7 Å². The molecule has 0 saturated heterocycles. The maximum Gasteiger partial charge on any atom is 0.144 e. The van der Waals surface area contributed by atoms with E-state index < -0.39 is 0 Å². The van der Waals surface area contributed by atoms with Crippen LogP contribution in [-0.4, -0.2) is 12.1 Å². The first-order valence-electron chi connectivity index (χ1n) is 2.28. The molecule has 1 aliphatic rings. The van der Waals surface area contributed by atoms with Crippen molar-refractivity contribution in [2.24, 2.45) is 4.99 Å². The molecule has 8 heavy (non-hydrogen) atoms. The second kappa shape index (κ2) is 1.74. The van der Waals surface area contributed by atoms with Crippen molar-refractivity contribution in [3.8, 4) is 0 Å². The Morgan fingerprint density at radius 3 is 2.62 bits per heavy atom. The average Bonchev–Trinajstić information content (AvgIpc) is 1.77. The first-order valence-corrected chi connectivity index (χ1v) is 2.28. The van der Waals surface area contributed by atoms with E-state index in [0.29, 0.717) is 0 Å². The van der Waals surface area contributed by atoms with E-state index in [0.717, 1.165) is 5.57 Å². The monoisotopic (exact) mass is 106 g/mol. The summed E-state index contributed by atoms with van der Waals surface area (Å²) in [5.74, 6) is 0.289. The molecule has 0 aromatic rings. The average molecular weight is 106 g/mol. The highest BCUT2D eigenvalue weighted by Crippen LogP contribution is 1.95. The van der Waals surface area contributed by atoms with Crippen LogP contribution in [0.15, 0.2) is 29.3 Å². The lowest BCUT2D eigenvalue weighted by Crippen LogP contribution is -1.93. The van der Waals surface area contributed by atoms with Gasteiger partial charge in [-0.05, 0) is 11.6 Å². The normalized spacial score (nSPS) is 17.5. The third-order valence-electron chi connectivity index (χ3n) is 0.825. The fourth-order valence-electron chi connectivity index (χ4n) is 0.424. The van der Waals surface area contributed by atoms with E-state index in [1.165, 1.54) is 0 Å². The maximum absolute atomic E-state index is 6.95. The fraction of sp³-hybridized carbons (Fsp3) is 0. The Morgan fingerprint density at radius 1 is 1.50 bits per heavy atom. The molecule has 0 atom stereocenters. The van der Waals surface area contributed by atoms with Gasteiger partial charge in [0.05, 0.1) is 0 Å². The first kappa shape index (κ1) is 4.97. The predicted octanol–water partition coefficient (Wildman–Crippen LogP) is 1.16. The molecule has 1 rings (SSSR count). The predicted molar refractivity (Wildman–Crippen MR) is 34.5 cm³/mol. The van der Waals surface area contributed by atoms with Crippen LogP contribution in [0.25, 0.3) is 0 Å². The Hall–Kier alpha value is -1.18. The Kier molecular flexibility index (Phi) is 1.08. The molecule has 0 fully saturated rings. The van der Waals surface area contributed by atoms with Crippen molar-refractivity contribution in [1.29, 1.82) is 5.41 Å². The molecule has 1 heterocycles. The summed E-state index contributed by atoms with van der Waals surface area (Å²) >= 11 is 0. The van der Waals surface area contributed by atoms with Gasteiger partial charge in [-0.2, -0.15) is 0 Å². The van der Waals surface area contributed by atoms with Crippen LogP contribution in [0.4, 0.5) is 0 Å². The van der Waals surface area contributed by atoms with Gasteiger partial charge >= 0.3 is 0 Å². The van der Waals surface area contributed by atoms with Crippen LogP contribution in [0.1, 0.15) is 0 Å². The summed E-state index contributed by atoms with van der Waals surface area (Å²) in [6.07, 6.45) is 4.94. The lowest BCUT2D eigenvalue weighted by atomic mass is 10.2. The van der Waals surface area contributed by atoms with Crippen molar-refractivity contribution in [3.63, 3.8) is 0 Å². The molecule has 0 aromatic heterocycles. The van der Waals surface area contributed by atoms with E-state index in [4.69, 9.17) is 5.41 Å². The zero-order valence-electron chi connectivity index (χ0n) is 4.39. The van der Waals surface area contributed by atoms with E-state index >= 15 is 0 Å². The number of aliphatic imine (C=N–C) groups is 1. The Labute approximate surface area is 47.8 Å². The lowest BCUT2D eigenvalue weighted by Gasteiger charge is -1.94. The zero-order chi connectivity index (χ0) is 5.98. The SMILES string of the molecule is C=C1C=CC(=N)N=C1. The molecule has 0 saturated carbocycles. The summed E-state index contributed by atoms with van der Waals surface area (Å²) < 4.78 is 0. The van der Waals surface area contributed by atoms with Crippen LogP contribution < -0.4 is 0 Å². The number of amidine groups is 1. The van der Waals surface area contributed by atoms with E-state index in [-0.39, 0.29) is 5.84 Å². The van der Waals surface area contributed by atoms with Gasteiger partial charge in [0.25, 0.3) is 0 Å². The van der Waals surface area contributed by atoms with Crippen molar-refractivity contribution in [2.45, 2.75) is 0 Å². The first-order chi connectivity index (χ1) is 3.79. The van der Waals surface area contributed by atoms with Gasteiger partial charge in [-0.25, -0.2) is 4.99 Å². The molecule has 2 nitrogen and oxygen atoms in total. The highest BCUT2D eigenvalue weighted by Gasteiger charge is 1.90. The van der Waals surface area contributed by atoms with Crippen molar-refractivity contribution in [2.75, 3.05) is 0 Å². The second-order valence-electron chi connectivity index (χ2n) is 1.55. The number of rotatable bonds is 0. The number of dihydropyridines is 1. The van der Waals surface area contributed by atoms with Crippen molar-refractivity contribution >= 4 is 12.1 Å². The molecule has 0 radical (unpaired) electrons. The molecular formula is C6H6N2. The second-order valence-corrected chi connectivity index (χ2v) is 1.55. The maximum atomic E-state index is 6.95. The molecule has 0 spiro atoms. The minimum Gasteiger partial charge on any atom is -0.283 e. The number of nitrogens with zero attached hydrogens (tertiary/aromatic N) is 1. The Balaban J connectivity index is 2.83. The summed E-state index contributed by atoms with van der Waals surface area (Å²) in [4.78, 5) is 3.68. The van der Waals surface area contributed by atoms with Gasteiger partial charge in [0, 0.05) is 6.21 Å². The molecule has 0 unspecified atom stereocenters. The quantitative estimate of drug-likeness (QED) is 0.481. The topological polar surface area (TPSA) is 36.2 Å². The molecular weight excluding hydrogens is 100 g/mol. The van der Waals surface area contributed by atoms with Gasteiger partial charge in [0.15, 0.2) is 0 Å². The largest absolute Gasteiger partial charge is 0.283 e. The number of nitrogens with one attached hydrogen (secondary N) is 1. The summed E-state index contributed by atoms with van der Waals surface area (Å²) in [7, 11) is 0. The van der Waals surface area contributed by atoms with E-state index in [1.54, 1.807) is 18.4 Å². The molecule has 40 valence electrons. The third kappa shape index (κ3) is 0.904. The van der Waals surface area contributed by atoms with Crippen LogP contribution in [-0.2, 0) is 0 Å². The highest BCUT2D eigenvalue weighted by molar-refractivity contribution is 6.03. The Bertz CT molecular complexity index is 149. The van der Waals surface area contributed by atoms with Gasteiger partial charge in [-0.3, -0.25) is 5.41 Å². The fourth-order valence-corrected chi connectivity index (χ4v) is 0.424. The van der Waals surface area contributed by atoms with E-state index in [2.05, 4.69) is 11.6 Å². The van der Waals surface area contributed by atoms with Crippen molar-refractivity contribution in [3.05, 3.63) is 24.3 Å². The van der Waals surface area contributed by atoms with Gasteiger partial charge in [0.2, 0.25) is 0 Å². The van der Waals surface area contributed by atoms with Crippen molar-refractivity contribution in [1.82, 2.24) is 0 Å². The van der Waals surface area contributed by atoms with E-state index in [9.17, 15) is 0 Å². The van der Waals surface area contributed by atoms with Crippen molar-refractivity contribution < 1.29 is 0 Å². The minimum atomic E-state index is 0.289. The number of allylic oxidation sites excluding steroid dienone is 2. The lowest BCUT2D eigenvalue weighted by molar-refractivity contribution is 1.45. The minimum absolute atomic E-state index is 0.289. The number of hydrogen-bond donors (Lipinski definition) is 1. The van der Waals surface area contributed by atoms with Crippen LogP contribution in [0.3, 0.4) is 0 Å². The smallest absolute Gasteiger partial charge is 0.144 e. The molecule has 0 aliphatic carbocycles. The molecule has 0 amide bonds. The standard InChI is InChI=1S/C6H6N2/c1-5-2-3-6(7)8-4-5/h2-4,7H,1H2. The molecule has 1 aliphatic heterocycles. The van der Waals surface area contributed by atoms with Crippen LogP contribution >= 0.6 is 0 Å². The van der Waals surface area contributed by atoms with Gasteiger partial charge in [-0.15, -0.1) is 0 Å². The summed E-state index contributed by atoms with van der Waals surface area (Å²) in [6.45, 7) is 3.62. The Morgan fingerprint density at radius 2 is 2.25 bits per heavy atom. The number of hydrogen-bond acceptors (Lipinski definition) is 1. The molecule has 0 aromatic carbocycles. The van der Waals surface area contributed by atoms with Crippen LogP contribution in [0.2, 0.25) is 0 Å². The van der Waals surface area contributed by atoms with Gasteiger partial charge in [0.1, 0.15) is 5.84 Å². The summed E-state index contributed by atoms with van der Waals surface area (Å²) in [6, 6.07) is 0. The highest BCUT2D eigenvalue weighted by atomic mass is 14.8. The third-order valence-corrected chi connectivity index (χ3v) is 0.825. The van der Waals surface area contributed by atoms with Crippen LogP contribution in [0, 0.1) is 5.41 Å². The summed E-state index contributed by atoms with van der Waals surface area (Å²) in [5, 5.41) is 6.95.